The maximum atomic E-state index is 14.4. The van der Waals surface area contributed by atoms with E-state index in [0.29, 0.717) is 52.0 Å². The fourth-order valence-corrected chi connectivity index (χ4v) is 4.50. The predicted octanol–water partition coefficient (Wildman–Crippen LogP) is 2.79. The number of oxime groups is 1. The smallest absolute Gasteiger partial charge is 0.263 e. The lowest BCUT2D eigenvalue weighted by molar-refractivity contribution is -0.135. The van der Waals surface area contributed by atoms with Crippen LogP contribution in [0.3, 0.4) is 0 Å². The number of nitrogens with zero attached hydrogens (tertiary/aromatic N) is 6. The Morgan fingerprint density at radius 2 is 2.10 bits per heavy atom. The zero-order valence-electron chi connectivity index (χ0n) is 22.1. The Balaban J connectivity index is 1.45. The summed E-state index contributed by atoms with van der Waals surface area (Å²) in [5, 5.41) is 11.4. The Hall–Kier alpha value is -5.07. The number of amides is 1. The number of likely N-dealkylation sites (N-methyl/N-ethyl adjacent to an activating group) is 1. The number of anilines is 1. The number of ether oxygens (including phenoxy) is 1. The van der Waals surface area contributed by atoms with Gasteiger partial charge >= 0.3 is 0 Å². The zero-order chi connectivity index (χ0) is 28.2. The Morgan fingerprint density at radius 3 is 2.88 bits per heavy atom. The van der Waals surface area contributed by atoms with Crippen LogP contribution in [-0.4, -0.2) is 57.5 Å². The minimum Gasteiger partial charge on any atom is -0.481 e. The minimum atomic E-state index is -0.410. The van der Waals surface area contributed by atoms with E-state index in [1.807, 2.05) is 0 Å². The van der Waals surface area contributed by atoms with Crippen LogP contribution in [0, 0.1) is 12.7 Å². The number of amidine groups is 1. The number of hydrogen-bond donors (Lipinski definition) is 2. The van der Waals surface area contributed by atoms with Gasteiger partial charge in [0.25, 0.3) is 5.91 Å². The highest BCUT2D eigenvalue weighted by Crippen LogP contribution is 2.34. The van der Waals surface area contributed by atoms with E-state index in [0.717, 1.165) is 5.56 Å². The number of nitrogens with two attached hydrogens (primary N) is 1. The lowest BCUT2D eigenvalue weighted by Crippen LogP contribution is -2.38. The van der Waals surface area contributed by atoms with Gasteiger partial charge in [0, 0.05) is 31.2 Å². The van der Waals surface area contributed by atoms with Gasteiger partial charge in [0.1, 0.15) is 17.8 Å². The third kappa shape index (κ3) is 5.67. The Morgan fingerprint density at radius 1 is 1.25 bits per heavy atom. The number of aryl methyl sites for hydroxylation is 1. The average molecular weight is 547 g/mol. The highest BCUT2D eigenvalue weighted by molar-refractivity contribution is 6.01. The summed E-state index contributed by atoms with van der Waals surface area (Å²) in [6, 6.07) is 11.0. The lowest BCUT2D eigenvalue weighted by atomic mass is 9.90. The van der Waals surface area contributed by atoms with Gasteiger partial charge in [-0.15, -0.1) is 0 Å². The van der Waals surface area contributed by atoms with E-state index in [1.54, 1.807) is 44.3 Å². The monoisotopic (exact) mass is 546 g/mol. The van der Waals surface area contributed by atoms with Gasteiger partial charge in [-0.1, -0.05) is 22.4 Å². The first kappa shape index (κ1) is 26.5. The Bertz CT molecular complexity index is 1560. The predicted molar refractivity (Wildman–Crippen MR) is 142 cm³/mol. The summed E-state index contributed by atoms with van der Waals surface area (Å²) < 4.78 is 24.5. The molecule has 206 valence electrons. The summed E-state index contributed by atoms with van der Waals surface area (Å²) >= 11 is 0. The molecule has 1 amide bonds. The van der Waals surface area contributed by atoms with Gasteiger partial charge in [0.05, 0.1) is 42.3 Å². The van der Waals surface area contributed by atoms with E-state index in [9.17, 15) is 9.18 Å². The van der Waals surface area contributed by atoms with Crippen LogP contribution < -0.4 is 15.8 Å². The van der Waals surface area contributed by atoms with Gasteiger partial charge in [-0.3, -0.25) is 4.79 Å². The van der Waals surface area contributed by atoms with Crippen molar-refractivity contribution in [3.8, 4) is 17.1 Å². The van der Waals surface area contributed by atoms with Crippen LogP contribution in [0.15, 0.2) is 58.4 Å². The number of methoxy groups -OCH3 is 1. The molecule has 0 bridgehead atoms. The molecule has 3 aromatic heterocycles. The molecule has 0 saturated carbocycles. The van der Waals surface area contributed by atoms with Gasteiger partial charge < -0.3 is 30.0 Å². The number of hydrogen-bond acceptors (Lipinski definition) is 10. The SMILES string of the molecule is COc1cccc(-c2cc(F)ccc2[C@H]2Cc3nc(N)nc(C)c3/C(=N/OCC(=O)N(C)Cc3ccon3)N2)n1. The summed E-state index contributed by atoms with van der Waals surface area (Å²) in [7, 11) is 3.14. The molecule has 1 aliphatic heterocycles. The molecule has 1 atom stereocenters. The summed E-state index contributed by atoms with van der Waals surface area (Å²) in [5.41, 5.74) is 10.3. The highest BCUT2D eigenvalue weighted by atomic mass is 19.1. The van der Waals surface area contributed by atoms with Crippen molar-refractivity contribution in [3.05, 3.63) is 82.8 Å². The molecule has 4 heterocycles. The number of carbonyl (C=O) groups excluding carboxylic acids is 1. The number of benzene rings is 1. The van der Waals surface area contributed by atoms with Gasteiger partial charge in [-0.25, -0.2) is 19.3 Å². The minimum absolute atomic E-state index is 0.121. The number of aromatic nitrogens is 4. The molecule has 0 unspecified atom stereocenters. The molecule has 1 aliphatic rings. The number of nitrogen functional groups attached to an aromatic ring is 1. The molecule has 4 aromatic rings. The van der Waals surface area contributed by atoms with Crippen LogP contribution in [0.25, 0.3) is 11.3 Å². The van der Waals surface area contributed by atoms with Crippen LogP contribution >= 0.6 is 0 Å². The van der Waals surface area contributed by atoms with E-state index < -0.39 is 11.9 Å². The molecule has 1 aromatic carbocycles. The fraction of sp³-hybridized carbons (Fsp3) is 0.259. The van der Waals surface area contributed by atoms with E-state index in [2.05, 4.69) is 30.6 Å². The van der Waals surface area contributed by atoms with Crippen LogP contribution in [0.2, 0.25) is 0 Å². The maximum Gasteiger partial charge on any atom is 0.263 e. The number of nitrogens with one attached hydrogen (secondary N) is 1. The normalized spacial score (nSPS) is 15.3. The number of rotatable bonds is 8. The Kier molecular flexibility index (Phi) is 7.53. The van der Waals surface area contributed by atoms with Crippen molar-refractivity contribution < 1.29 is 23.3 Å². The molecule has 12 nitrogen and oxygen atoms in total. The molecule has 3 N–H and O–H groups in total. The third-order valence-corrected chi connectivity index (χ3v) is 6.39. The van der Waals surface area contributed by atoms with Crippen molar-refractivity contribution in [2.45, 2.75) is 25.9 Å². The molecule has 0 fully saturated rings. The first-order valence-electron chi connectivity index (χ1n) is 12.4. The molecule has 0 aliphatic carbocycles. The van der Waals surface area contributed by atoms with Gasteiger partial charge in [0.15, 0.2) is 12.4 Å². The molecule has 5 rings (SSSR count). The summed E-state index contributed by atoms with van der Waals surface area (Å²) in [5.74, 6) is 0.127. The molecular formula is C27H27FN8O4. The number of halogens is 1. The van der Waals surface area contributed by atoms with Crippen molar-refractivity contribution in [2.75, 3.05) is 26.5 Å². The van der Waals surface area contributed by atoms with E-state index in [4.69, 9.17) is 19.8 Å². The topological polar surface area (TPSA) is 154 Å². The molecule has 40 heavy (non-hydrogen) atoms. The summed E-state index contributed by atoms with van der Waals surface area (Å²) in [6.45, 7) is 1.73. The molecule has 13 heteroatoms. The van der Waals surface area contributed by atoms with E-state index in [-0.39, 0.29) is 25.0 Å². The summed E-state index contributed by atoms with van der Waals surface area (Å²) in [4.78, 5) is 32.7. The summed E-state index contributed by atoms with van der Waals surface area (Å²) in [6.07, 6.45) is 1.84. The lowest BCUT2D eigenvalue weighted by Gasteiger charge is -2.29. The second-order valence-electron chi connectivity index (χ2n) is 9.14. The second-order valence-corrected chi connectivity index (χ2v) is 9.14. The van der Waals surface area contributed by atoms with Crippen molar-refractivity contribution in [1.82, 2.24) is 30.3 Å². The maximum absolute atomic E-state index is 14.4. The third-order valence-electron chi connectivity index (χ3n) is 6.39. The van der Waals surface area contributed by atoms with E-state index in [1.165, 1.54) is 30.4 Å². The number of pyridine rings is 1. The number of carbonyl (C=O) groups is 1. The van der Waals surface area contributed by atoms with Crippen molar-refractivity contribution in [3.63, 3.8) is 0 Å². The van der Waals surface area contributed by atoms with Crippen molar-refractivity contribution >= 4 is 17.7 Å². The first-order valence-corrected chi connectivity index (χ1v) is 12.4. The molecule has 0 radical (unpaired) electrons. The van der Waals surface area contributed by atoms with Crippen LogP contribution in [0.4, 0.5) is 10.3 Å². The van der Waals surface area contributed by atoms with Crippen LogP contribution in [0.5, 0.6) is 5.88 Å². The van der Waals surface area contributed by atoms with Crippen molar-refractivity contribution in [1.29, 1.82) is 0 Å². The number of fused-ring (bicyclic) bond motifs is 1. The molecule has 0 saturated heterocycles. The van der Waals surface area contributed by atoms with Gasteiger partial charge in [0.2, 0.25) is 11.8 Å². The molecule has 0 spiro atoms. The second kappa shape index (κ2) is 11.4. The molecular weight excluding hydrogens is 519 g/mol. The van der Waals surface area contributed by atoms with Crippen LogP contribution in [0.1, 0.15) is 34.3 Å². The first-order chi connectivity index (χ1) is 19.3. The standard InChI is InChI=1S/C27H27FN8O4/c1-15-25-22(33-27(29)30-15)12-21(18-8-7-16(28)11-19(18)20-5-4-6-23(31-20)38-3)32-26(25)35-40-14-24(37)36(2)13-17-9-10-39-34-17/h4-11,21H,12-14H2,1-3H3,(H,32,35)(H2,29,30,33)/t21-/m1/s1. The largest absolute Gasteiger partial charge is 0.481 e. The average Bonchev–Trinajstić information content (AvgIpc) is 3.45. The van der Waals surface area contributed by atoms with Crippen LogP contribution in [-0.2, 0) is 22.6 Å². The van der Waals surface area contributed by atoms with Gasteiger partial charge in [-0.05, 0) is 30.7 Å². The quantitative estimate of drug-likeness (QED) is 0.315. The van der Waals surface area contributed by atoms with Gasteiger partial charge in [-0.2, -0.15) is 0 Å². The highest BCUT2D eigenvalue weighted by Gasteiger charge is 2.30. The Labute approximate surface area is 229 Å². The van der Waals surface area contributed by atoms with Crippen molar-refractivity contribution in [2.24, 2.45) is 5.16 Å². The zero-order valence-corrected chi connectivity index (χ0v) is 22.1. The fourth-order valence-electron chi connectivity index (χ4n) is 4.50. The van der Waals surface area contributed by atoms with E-state index >= 15 is 0 Å².